The van der Waals surface area contributed by atoms with Crippen molar-refractivity contribution in [3.05, 3.63) is 58.7 Å². The van der Waals surface area contributed by atoms with Crippen molar-refractivity contribution in [1.82, 2.24) is 5.43 Å². The van der Waals surface area contributed by atoms with Gasteiger partial charge in [-0.05, 0) is 46.6 Å². The summed E-state index contributed by atoms with van der Waals surface area (Å²) in [6, 6.07) is 10.8. The second-order valence-corrected chi connectivity index (χ2v) is 9.39. The lowest BCUT2D eigenvalue weighted by Gasteiger charge is -2.27. The van der Waals surface area contributed by atoms with E-state index in [0.717, 1.165) is 22.3 Å². The van der Waals surface area contributed by atoms with E-state index in [1.165, 1.54) is 0 Å². The molecule has 5 heteroatoms. The Balaban J connectivity index is 2.13. The molecule has 2 aromatic rings. The SMILES string of the molecule is CC(C)(C)c1cc(C=NNC(=O)CCc2ccccc2O)cc(C(C)(C)C)c1O. The first-order valence-corrected chi connectivity index (χ1v) is 9.86. The van der Waals surface area contributed by atoms with Crippen LogP contribution in [0.4, 0.5) is 0 Å². The highest BCUT2D eigenvalue weighted by Gasteiger charge is 2.26. The van der Waals surface area contributed by atoms with Gasteiger partial charge in [-0.1, -0.05) is 59.7 Å². The van der Waals surface area contributed by atoms with Crippen LogP contribution in [-0.4, -0.2) is 22.3 Å². The molecule has 2 rings (SSSR count). The van der Waals surface area contributed by atoms with Gasteiger partial charge in [-0.2, -0.15) is 5.10 Å². The number of phenols is 2. The molecule has 5 nitrogen and oxygen atoms in total. The lowest BCUT2D eigenvalue weighted by atomic mass is 9.78. The highest BCUT2D eigenvalue weighted by molar-refractivity contribution is 5.83. The molecule has 1 amide bonds. The highest BCUT2D eigenvalue weighted by atomic mass is 16.3. The number of amides is 1. The summed E-state index contributed by atoms with van der Waals surface area (Å²) in [6.45, 7) is 12.3. The molecule has 0 unspecified atom stereocenters. The predicted octanol–water partition coefficient (Wildman–Crippen LogP) is 4.78. The number of aryl methyl sites for hydroxylation is 1. The van der Waals surface area contributed by atoms with Crippen LogP contribution < -0.4 is 5.43 Å². The fourth-order valence-corrected chi connectivity index (χ4v) is 3.08. The second kappa shape index (κ2) is 8.68. The van der Waals surface area contributed by atoms with Crippen LogP contribution in [0.25, 0.3) is 0 Å². The summed E-state index contributed by atoms with van der Waals surface area (Å²) in [4.78, 5) is 12.1. The van der Waals surface area contributed by atoms with Gasteiger partial charge in [-0.15, -0.1) is 0 Å². The Hall–Kier alpha value is -2.82. The zero-order chi connectivity index (χ0) is 21.8. The van der Waals surface area contributed by atoms with Gasteiger partial charge in [0.25, 0.3) is 0 Å². The van der Waals surface area contributed by atoms with Crippen LogP contribution in [0, 0.1) is 0 Å². The summed E-state index contributed by atoms with van der Waals surface area (Å²) >= 11 is 0. The lowest BCUT2D eigenvalue weighted by molar-refractivity contribution is -0.121. The molecule has 0 bridgehead atoms. The quantitative estimate of drug-likeness (QED) is 0.503. The van der Waals surface area contributed by atoms with Gasteiger partial charge in [0.05, 0.1) is 6.21 Å². The zero-order valence-electron chi connectivity index (χ0n) is 18.2. The smallest absolute Gasteiger partial charge is 0.240 e. The Morgan fingerprint density at radius 1 is 1.00 bits per heavy atom. The normalized spacial score (nSPS) is 12.3. The lowest BCUT2D eigenvalue weighted by Crippen LogP contribution is -2.19. The zero-order valence-corrected chi connectivity index (χ0v) is 18.2. The van der Waals surface area contributed by atoms with Crippen LogP contribution in [-0.2, 0) is 22.0 Å². The Kier molecular flexibility index (Phi) is 6.73. The van der Waals surface area contributed by atoms with Crippen LogP contribution in [0.2, 0.25) is 0 Å². The maximum atomic E-state index is 12.1. The second-order valence-electron chi connectivity index (χ2n) is 9.39. The van der Waals surface area contributed by atoms with Gasteiger partial charge in [-0.25, -0.2) is 5.43 Å². The molecule has 0 heterocycles. The topological polar surface area (TPSA) is 81.9 Å². The minimum Gasteiger partial charge on any atom is -0.508 e. The molecule has 3 N–H and O–H groups in total. The third-order valence-electron chi connectivity index (χ3n) is 4.76. The van der Waals surface area contributed by atoms with E-state index in [4.69, 9.17) is 0 Å². The van der Waals surface area contributed by atoms with E-state index < -0.39 is 0 Å². The molecule has 29 heavy (non-hydrogen) atoms. The van der Waals surface area contributed by atoms with Crippen LogP contribution >= 0.6 is 0 Å². The number of carbonyl (C=O) groups is 1. The third kappa shape index (κ3) is 6.08. The first-order chi connectivity index (χ1) is 13.4. The largest absolute Gasteiger partial charge is 0.508 e. The summed E-state index contributed by atoms with van der Waals surface area (Å²) in [5, 5.41) is 24.6. The molecule has 0 atom stereocenters. The van der Waals surface area contributed by atoms with Crippen LogP contribution in [0.3, 0.4) is 0 Å². The Morgan fingerprint density at radius 2 is 1.55 bits per heavy atom. The van der Waals surface area contributed by atoms with Crippen molar-refractivity contribution in [2.24, 2.45) is 5.10 Å². The fourth-order valence-electron chi connectivity index (χ4n) is 3.08. The molecule has 0 aliphatic rings. The predicted molar refractivity (Wildman–Crippen MR) is 118 cm³/mol. The van der Waals surface area contributed by atoms with Crippen molar-refractivity contribution in [3.8, 4) is 11.5 Å². The molecule has 156 valence electrons. The maximum Gasteiger partial charge on any atom is 0.240 e. The van der Waals surface area contributed by atoms with Gasteiger partial charge in [0.15, 0.2) is 0 Å². The third-order valence-corrected chi connectivity index (χ3v) is 4.76. The molecular weight excluding hydrogens is 364 g/mol. The number of aromatic hydroxyl groups is 2. The number of nitrogens with zero attached hydrogens (tertiary/aromatic N) is 1. The van der Waals surface area contributed by atoms with Crippen LogP contribution in [0.15, 0.2) is 41.5 Å². The Bertz CT molecular complexity index is 868. The molecule has 0 saturated heterocycles. The number of nitrogens with one attached hydrogen (secondary N) is 1. The maximum absolute atomic E-state index is 12.1. The molecule has 0 aliphatic heterocycles. The number of hydrogen-bond donors (Lipinski definition) is 3. The van der Waals surface area contributed by atoms with Crippen molar-refractivity contribution in [2.45, 2.75) is 65.2 Å². The van der Waals surface area contributed by atoms with Crippen molar-refractivity contribution < 1.29 is 15.0 Å². The number of phenolic OH excluding ortho intramolecular Hbond substituents is 2. The average Bonchev–Trinajstić information content (AvgIpc) is 2.60. The monoisotopic (exact) mass is 396 g/mol. The fraction of sp³-hybridized carbons (Fsp3) is 0.417. The number of benzene rings is 2. The molecular formula is C24H32N2O3. The van der Waals surface area contributed by atoms with E-state index in [0.29, 0.717) is 12.2 Å². The summed E-state index contributed by atoms with van der Waals surface area (Å²) in [5.74, 6) is 0.279. The summed E-state index contributed by atoms with van der Waals surface area (Å²) in [5.41, 5.74) is 5.32. The standard InChI is InChI=1S/C24H32N2O3/c1-23(2,3)18-13-16(14-19(22(18)29)24(4,5)6)15-25-26-21(28)12-11-17-9-7-8-10-20(17)27/h7-10,13-15,27,29H,11-12H2,1-6H3,(H,26,28). The summed E-state index contributed by atoms with van der Waals surface area (Å²) in [6.07, 6.45) is 2.27. The van der Waals surface area contributed by atoms with Crippen molar-refractivity contribution in [3.63, 3.8) is 0 Å². The molecule has 2 aromatic carbocycles. The number of para-hydroxylation sites is 1. The highest BCUT2D eigenvalue weighted by Crippen LogP contribution is 2.39. The van der Waals surface area contributed by atoms with E-state index in [-0.39, 0.29) is 28.9 Å². The number of hydrazone groups is 1. The number of carbonyl (C=O) groups excluding carboxylic acids is 1. The molecule has 0 aromatic heterocycles. The van der Waals surface area contributed by atoms with E-state index in [1.54, 1.807) is 24.4 Å². The van der Waals surface area contributed by atoms with Gasteiger partial charge in [-0.3, -0.25) is 4.79 Å². The minimum atomic E-state index is -0.227. The van der Waals surface area contributed by atoms with Crippen molar-refractivity contribution in [2.75, 3.05) is 0 Å². The minimum absolute atomic E-state index is 0.192. The number of rotatable bonds is 5. The van der Waals surface area contributed by atoms with E-state index >= 15 is 0 Å². The van der Waals surface area contributed by atoms with Gasteiger partial charge in [0.1, 0.15) is 11.5 Å². The van der Waals surface area contributed by atoms with Crippen molar-refractivity contribution in [1.29, 1.82) is 0 Å². The summed E-state index contributed by atoms with van der Waals surface area (Å²) in [7, 11) is 0. The molecule has 0 saturated carbocycles. The van der Waals surface area contributed by atoms with Gasteiger partial charge < -0.3 is 10.2 Å². The van der Waals surface area contributed by atoms with Gasteiger partial charge >= 0.3 is 0 Å². The van der Waals surface area contributed by atoms with E-state index in [1.807, 2.05) is 18.2 Å². The van der Waals surface area contributed by atoms with Crippen LogP contribution in [0.1, 0.15) is 70.2 Å². The Morgan fingerprint density at radius 3 is 2.07 bits per heavy atom. The Labute approximate surface area is 173 Å². The van der Waals surface area contributed by atoms with Gasteiger partial charge in [0, 0.05) is 17.5 Å². The van der Waals surface area contributed by atoms with E-state index in [9.17, 15) is 15.0 Å². The number of hydrogen-bond acceptors (Lipinski definition) is 4. The summed E-state index contributed by atoms with van der Waals surface area (Å²) < 4.78 is 0. The average molecular weight is 397 g/mol. The van der Waals surface area contributed by atoms with Gasteiger partial charge in [0.2, 0.25) is 5.91 Å². The molecule has 0 spiro atoms. The first kappa shape index (κ1) is 22.5. The van der Waals surface area contributed by atoms with Crippen molar-refractivity contribution >= 4 is 12.1 Å². The molecule has 0 radical (unpaired) electrons. The molecule has 0 fully saturated rings. The first-order valence-electron chi connectivity index (χ1n) is 9.86. The van der Waals surface area contributed by atoms with Crippen LogP contribution in [0.5, 0.6) is 11.5 Å². The van der Waals surface area contributed by atoms with E-state index in [2.05, 4.69) is 52.1 Å². The molecule has 0 aliphatic carbocycles.